The second kappa shape index (κ2) is 8.69. The van der Waals surface area contributed by atoms with Crippen LogP contribution in [0.1, 0.15) is 19.8 Å². The zero-order valence-corrected chi connectivity index (χ0v) is 7.50. The van der Waals surface area contributed by atoms with Gasteiger partial charge in [-0.15, -0.1) is 0 Å². The van der Waals surface area contributed by atoms with E-state index in [9.17, 15) is 0 Å². The Balaban J connectivity index is 2.83. The Morgan fingerprint density at radius 2 is 2.20 bits per heavy atom. The van der Waals surface area contributed by atoms with Gasteiger partial charge in [0, 0.05) is 25.2 Å². The van der Waals surface area contributed by atoms with Crippen molar-refractivity contribution in [2.45, 2.75) is 19.8 Å². The molecule has 0 saturated carbocycles. The van der Waals surface area contributed by atoms with Crippen molar-refractivity contribution in [2.75, 3.05) is 12.8 Å². The molecule has 0 amide bonds. The normalized spacial score (nSPS) is 10.2. The van der Waals surface area contributed by atoms with Crippen LogP contribution in [0.3, 0.4) is 0 Å². The van der Waals surface area contributed by atoms with E-state index in [1.54, 1.807) is 11.9 Å². The summed E-state index contributed by atoms with van der Waals surface area (Å²) >= 11 is 1.74. The van der Waals surface area contributed by atoms with Gasteiger partial charge >= 0.3 is 0 Å². The van der Waals surface area contributed by atoms with Crippen LogP contribution in [0, 0.1) is 0 Å². The molecule has 0 bridgehead atoms. The van der Waals surface area contributed by atoms with Gasteiger partial charge in [0.15, 0.2) is 0 Å². The maximum Gasteiger partial charge on any atom is 0.0229 e. The van der Waals surface area contributed by atoms with Crippen molar-refractivity contribution >= 4 is 11.9 Å². The second-order valence-corrected chi connectivity index (χ2v) is 2.87. The minimum Gasteiger partial charge on any atom is -0.393 e. The molecule has 0 rings (SSSR count). The Kier molecular flexibility index (Phi) is 8.42. The summed E-state index contributed by atoms with van der Waals surface area (Å²) in [5.41, 5.74) is 0. The summed E-state index contributed by atoms with van der Waals surface area (Å²) in [4.78, 5) is 0. The molecule has 2 nitrogen and oxygen atoms in total. The summed E-state index contributed by atoms with van der Waals surface area (Å²) in [6, 6.07) is 0. The van der Waals surface area contributed by atoms with Crippen molar-refractivity contribution in [2.24, 2.45) is 0 Å². The van der Waals surface area contributed by atoms with Crippen LogP contribution in [-0.2, 0) is 0 Å². The summed E-state index contributed by atoms with van der Waals surface area (Å²) in [5.74, 6) is 1.19. The predicted molar refractivity (Wildman–Crippen MR) is 48.7 cm³/mol. The highest BCUT2D eigenvalue weighted by molar-refractivity contribution is 7.97. The van der Waals surface area contributed by atoms with Gasteiger partial charge in [0.05, 0.1) is 0 Å². The lowest BCUT2D eigenvalue weighted by Gasteiger charge is -1.96. The zero-order chi connectivity index (χ0) is 7.66. The van der Waals surface area contributed by atoms with Gasteiger partial charge in [0.2, 0.25) is 0 Å². The van der Waals surface area contributed by atoms with Crippen LogP contribution in [0.2, 0.25) is 0 Å². The molecule has 2 N–H and O–H groups in total. The number of rotatable bonds is 6. The molecule has 0 spiro atoms. The minimum absolute atomic E-state index is 1.19. The van der Waals surface area contributed by atoms with Crippen LogP contribution >= 0.6 is 11.9 Å². The van der Waals surface area contributed by atoms with Gasteiger partial charge in [-0.05, 0) is 6.42 Å². The fourth-order valence-corrected chi connectivity index (χ4v) is 1.16. The van der Waals surface area contributed by atoms with Gasteiger partial charge in [-0.3, -0.25) is 0 Å². The maximum absolute atomic E-state index is 3.09. The van der Waals surface area contributed by atoms with Crippen molar-refractivity contribution in [1.29, 1.82) is 0 Å². The van der Waals surface area contributed by atoms with E-state index in [4.69, 9.17) is 0 Å². The van der Waals surface area contributed by atoms with Crippen molar-refractivity contribution in [3.05, 3.63) is 12.4 Å². The monoisotopic (exact) mass is 160 g/mol. The average Bonchev–Trinajstić information content (AvgIpc) is 1.97. The third-order valence-electron chi connectivity index (χ3n) is 1.00. The summed E-state index contributed by atoms with van der Waals surface area (Å²) in [7, 11) is 1.88. The van der Waals surface area contributed by atoms with Gasteiger partial charge in [-0.1, -0.05) is 25.3 Å². The summed E-state index contributed by atoms with van der Waals surface area (Å²) < 4.78 is 3.09. The van der Waals surface area contributed by atoms with Gasteiger partial charge in [-0.2, -0.15) is 0 Å². The first-order chi connectivity index (χ1) is 4.91. The molecule has 0 heterocycles. The molecule has 0 radical (unpaired) electrons. The van der Waals surface area contributed by atoms with E-state index >= 15 is 0 Å². The third-order valence-corrected chi connectivity index (χ3v) is 1.80. The van der Waals surface area contributed by atoms with E-state index in [0.29, 0.717) is 0 Å². The van der Waals surface area contributed by atoms with E-state index in [1.807, 2.05) is 19.4 Å². The van der Waals surface area contributed by atoms with Gasteiger partial charge < -0.3 is 10.0 Å². The molecule has 0 aromatic rings. The number of hydrogen-bond acceptors (Lipinski definition) is 3. The number of unbranched alkanes of at least 4 members (excludes halogenated alkanes) is 1. The third kappa shape index (κ3) is 7.69. The SMILES string of the molecule is CCCCSN/C=C\NC. The van der Waals surface area contributed by atoms with Crippen LogP contribution < -0.4 is 10.0 Å². The molecular weight excluding hydrogens is 144 g/mol. The molecule has 0 unspecified atom stereocenters. The lowest BCUT2D eigenvalue weighted by Crippen LogP contribution is -1.98. The lowest BCUT2D eigenvalue weighted by atomic mass is 10.4. The molecule has 0 fully saturated rings. The largest absolute Gasteiger partial charge is 0.393 e. The van der Waals surface area contributed by atoms with Crippen molar-refractivity contribution in [1.82, 2.24) is 10.0 Å². The van der Waals surface area contributed by atoms with Crippen LogP contribution in [0.25, 0.3) is 0 Å². The first-order valence-corrected chi connectivity index (χ1v) is 4.60. The first kappa shape index (κ1) is 9.69. The van der Waals surface area contributed by atoms with Crippen LogP contribution in [-0.4, -0.2) is 12.8 Å². The fraction of sp³-hybridized carbons (Fsp3) is 0.714. The first-order valence-electron chi connectivity index (χ1n) is 3.61. The number of hydrogen-bond donors (Lipinski definition) is 2. The lowest BCUT2D eigenvalue weighted by molar-refractivity contribution is 0.895. The molecule has 0 atom stereocenters. The molecule has 0 saturated heterocycles. The zero-order valence-electron chi connectivity index (χ0n) is 6.68. The molecule has 0 aliphatic rings. The van der Waals surface area contributed by atoms with Gasteiger partial charge in [0.1, 0.15) is 0 Å². The topological polar surface area (TPSA) is 24.1 Å². The highest BCUT2D eigenvalue weighted by Crippen LogP contribution is 1.98. The quantitative estimate of drug-likeness (QED) is 0.457. The summed E-state index contributed by atoms with van der Waals surface area (Å²) in [5, 5.41) is 2.90. The van der Waals surface area contributed by atoms with Crippen molar-refractivity contribution in [3.8, 4) is 0 Å². The highest BCUT2D eigenvalue weighted by Gasteiger charge is 1.81. The molecule has 0 aromatic carbocycles. The average molecular weight is 160 g/mol. The Bertz CT molecular complexity index is 83.7. The summed E-state index contributed by atoms with van der Waals surface area (Å²) in [6.07, 6.45) is 6.33. The smallest absolute Gasteiger partial charge is 0.0229 e. The molecule has 3 heteroatoms. The molecule has 0 aliphatic carbocycles. The molecular formula is C7H16N2S. The minimum atomic E-state index is 1.19. The Morgan fingerprint density at radius 1 is 1.40 bits per heavy atom. The van der Waals surface area contributed by atoms with Gasteiger partial charge in [-0.25, -0.2) is 0 Å². The Labute approximate surface area is 67.6 Å². The predicted octanol–water partition coefficient (Wildman–Crippen LogP) is 1.71. The Morgan fingerprint density at radius 3 is 2.80 bits per heavy atom. The van der Waals surface area contributed by atoms with E-state index in [1.165, 1.54) is 18.6 Å². The van der Waals surface area contributed by atoms with Crippen molar-refractivity contribution in [3.63, 3.8) is 0 Å². The maximum atomic E-state index is 3.09. The van der Waals surface area contributed by atoms with E-state index in [2.05, 4.69) is 17.0 Å². The molecule has 0 aliphatic heterocycles. The van der Waals surface area contributed by atoms with E-state index < -0.39 is 0 Å². The van der Waals surface area contributed by atoms with Crippen LogP contribution in [0.15, 0.2) is 12.4 Å². The Hall–Kier alpha value is -0.310. The van der Waals surface area contributed by atoms with E-state index in [0.717, 1.165) is 0 Å². The van der Waals surface area contributed by atoms with Crippen LogP contribution in [0.5, 0.6) is 0 Å². The fourth-order valence-electron chi connectivity index (χ4n) is 0.441. The van der Waals surface area contributed by atoms with Crippen LogP contribution in [0.4, 0.5) is 0 Å². The summed E-state index contributed by atoms with van der Waals surface area (Å²) in [6.45, 7) is 2.20. The van der Waals surface area contributed by atoms with Gasteiger partial charge in [0.25, 0.3) is 0 Å². The molecule has 60 valence electrons. The highest BCUT2D eigenvalue weighted by atomic mass is 32.2. The molecule has 0 aromatic heterocycles. The molecule has 10 heavy (non-hydrogen) atoms. The number of nitrogens with one attached hydrogen (secondary N) is 2. The standard InChI is InChI=1S/C7H16N2S/c1-3-4-7-10-9-6-5-8-2/h5-6,8-9H,3-4,7H2,1-2H3/b6-5-. The second-order valence-electron chi connectivity index (χ2n) is 1.94. The van der Waals surface area contributed by atoms with E-state index in [-0.39, 0.29) is 0 Å². The van der Waals surface area contributed by atoms with Crippen molar-refractivity contribution < 1.29 is 0 Å².